The van der Waals surface area contributed by atoms with Gasteiger partial charge in [0, 0.05) is 0 Å². The molecule has 2 rings (SSSR count). The topological polar surface area (TPSA) is 134 Å². The molecule has 11 heteroatoms. The van der Waals surface area contributed by atoms with E-state index in [1.54, 1.807) is 52.0 Å². The van der Waals surface area contributed by atoms with Crippen molar-refractivity contribution in [3.05, 3.63) is 40.8 Å². The van der Waals surface area contributed by atoms with Gasteiger partial charge in [-0.15, -0.1) is 0 Å². The Morgan fingerprint density at radius 3 is 2.54 bits per heavy atom. The molecular formula is C26H36N2O8S. The van der Waals surface area contributed by atoms with Gasteiger partial charge in [0.15, 0.2) is 0 Å². The maximum absolute atomic E-state index is 13.0. The fraction of sp³-hybridized carbons (Fsp3) is 0.538. The van der Waals surface area contributed by atoms with Crippen LogP contribution in [0.25, 0.3) is 0 Å². The van der Waals surface area contributed by atoms with Gasteiger partial charge in [0.05, 0.1) is 32.6 Å². The first-order valence-electron chi connectivity index (χ1n) is 12.0. The number of amides is 2. The summed E-state index contributed by atoms with van der Waals surface area (Å²) >= 11 is -1.52. The number of methoxy groups -OCH3 is 1. The van der Waals surface area contributed by atoms with Gasteiger partial charge in [-0.1, -0.05) is 12.1 Å². The maximum atomic E-state index is 13.0. The van der Waals surface area contributed by atoms with Gasteiger partial charge in [0.25, 0.3) is 0 Å². The van der Waals surface area contributed by atoms with E-state index in [1.165, 1.54) is 17.4 Å². The molecule has 1 fully saturated rings. The highest BCUT2D eigenvalue weighted by Crippen LogP contribution is 2.28. The molecule has 1 N–H and O–H groups in total. The number of nitrogens with zero attached hydrogens (tertiary/aromatic N) is 1. The molecule has 10 nitrogen and oxygen atoms in total. The van der Waals surface area contributed by atoms with Crippen LogP contribution in [0.3, 0.4) is 0 Å². The molecule has 1 heterocycles. The van der Waals surface area contributed by atoms with Gasteiger partial charge in [0.1, 0.15) is 35.1 Å². The van der Waals surface area contributed by atoms with Gasteiger partial charge in [-0.05, 0) is 69.1 Å². The Labute approximate surface area is 220 Å². The SMILES string of the molecule is CCOc1cccc(CC(=O)NC2C(=O)N(CC(=O)OC(C)(C)C)C2C(C)=C[S+]([O-])CCC(=O)OC)c1. The Kier molecular flexibility index (Phi) is 11.0. The second kappa shape index (κ2) is 13.5. The van der Waals surface area contributed by atoms with Crippen molar-refractivity contribution in [3.8, 4) is 5.75 Å². The summed E-state index contributed by atoms with van der Waals surface area (Å²) in [6, 6.07) is 5.49. The third-order valence-corrected chi connectivity index (χ3v) is 6.57. The van der Waals surface area contributed by atoms with E-state index in [2.05, 4.69) is 10.1 Å². The number of hydrogen-bond acceptors (Lipinski definition) is 8. The lowest BCUT2D eigenvalue weighted by atomic mass is 9.89. The summed E-state index contributed by atoms with van der Waals surface area (Å²) in [4.78, 5) is 50.9. The van der Waals surface area contributed by atoms with Crippen molar-refractivity contribution >= 4 is 34.9 Å². The number of β-lactam (4-membered cyclic amide) rings is 1. The van der Waals surface area contributed by atoms with E-state index >= 15 is 0 Å². The number of esters is 2. The monoisotopic (exact) mass is 536 g/mol. The summed E-state index contributed by atoms with van der Waals surface area (Å²) in [5, 5.41) is 4.18. The summed E-state index contributed by atoms with van der Waals surface area (Å²) < 4.78 is 27.9. The molecule has 1 aliphatic rings. The van der Waals surface area contributed by atoms with Crippen LogP contribution >= 0.6 is 0 Å². The molecule has 1 aromatic carbocycles. The van der Waals surface area contributed by atoms with Crippen LogP contribution in [0.4, 0.5) is 0 Å². The van der Waals surface area contributed by atoms with Crippen LogP contribution in [0.5, 0.6) is 5.75 Å². The molecule has 37 heavy (non-hydrogen) atoms. The van der Waals surface area contributed by atoms with Gasteiger partial charge in [-0.3, -0.25) is 19.2 Å². The zero-order valence-corrected chi connectivity index (χ0v) is 23.0. The Balaban J connectivity index is 2.16. The minimum Gasteiger partial charge on any atom is -0.612 e. The quantitative estimate of drug-likeness (QED) is 0.243. The number of carbonyl (C=O) groups excluding carboxylic acids is 4. The minimum atomic E-state index is -1.52. The van der Waals surface area contributed by atoms with E-state index in [1.807, 2.05) is 6.92 Å². The summed E-state index contributed by atoms with van der Waals surface area (Å²) in [6.07, 6.45) is -0.00358. The lowest BCUT2D eigenvalue weighted by Gasteiger charge is -2.47. The molecule has 1 aromatic rings. The molecule has 0 radical (unpaired) electrons. The predicted molar refractivity (Wildman–Crippen MR) is 138 cm³/mol. The Morgan fingerprint density at radius 2 is 1.92 bits per heavy atom. The normalized spacial score (nSPS) is 18.5. The number of nitrogens with one attached hydrogen (secondary N) is 1. The number of hydrogen-bond donors (Lipinski definition) is 1. The molecular weight excluding hydrogens is 500 g/mol. The van der Waals surface area contributed by atoms with Crippen molar-refractivity contribution in [1.82, 2.24) is 10.2 Å². The number of carbonyl (C=O) groups is 4. The first-order chi connectivity index (χ1) is 17.3. The Morgan fingerprint density at radius 1 is 1.22 bits per heavy atom. The average molecular weight is 537 g/mol. The molecule has 0 bridgehead atoms. The zero-order valence-electron chi connectivity index (χ0n) is 22.2. The van der Waals surface area contributed by atoms with Gasteiger partial charge in [-0.25, -0.2) is 0 Å². The molecule has 1 aliphatic heterocycles. The molecule has 0 aromatic heterocycles. The first kappa shape index (κ1) is 30.2. The first-order valence-corrected chi connectivity index (χ1v) is 13.4. The maximum Gasteiger partial charge on any atom is 0.326 e. The van der Waals surface area contributed by atoms with E-state index in [0.717, 1.165) is 0 Å². The van der Waals surface area contributed by atoms with Crippen molar-refractivity contribution in [3.63, 3.8) is 0 Å². The highest BCUT2D eigenvalue weighted by atomic mass is 32.2. The number of benzene rings is 1. The van der Waals surface area contributed by atoms with Gasteiger partial charge >= 0.3 is 11.9 Å². The van der Waals surface area contributed by atoms with Crippen LogP contribution in [-0.2, 0) is 46.2 Å². The number of rotatable bonds is 12. The van der Waals surface area contributed by atoms with Crippen LogP contribution in [0, 0.1) is 0 Å². The summed E-state index contributed by atoms with van der Waals surface area (Å²) in [6.45, 7) is 8.87. The van der Waals surface area contributed by atoms with Gasteiger partial charge in [0.2, 0.25) is 11.8 Å². The van der Waals surface area contributed by atoms with E-state index in [4.69, 9.17) is 9.47 Å². The summed E-state index contributed by atoms with van der Waals surface area (Å²) in [7, 11) is 1.25. The van der Waals surface area contributed by atoms with Crippen LogP contribution in [-0.4, -0.2) is 76.9 Å². The van der Waals surface area contributed by atoms with E-state index in [9.17, 15) is 23.7 Å². The van der Waals surface area contributed by atoms with Crippen molar-refractivity contribution in [2.45, 2.75) is 65.1 Å². The molecule has 3 atom stereocenters. The van der Waals surface area contributed by atoms with Crippen LogP contribution in [0.15, 0.2) is 35.2 Å². The van der Waals surface area contributed by atoms with Crippen LogP contribution in [0.2, 0.25) is 0 Å². The fourth-order valence-corrected chi connectivity index (χ4v) is 4.87. The lowest BCUT2D eigenvalue weighted by molar-refractivity contribution is -0.166. The zero-order chi connectivity index (χ0) is 27.8. The largest absolute Gasteiger partial charge is 0.612 e. The molecule has 2 amide bonds. The van der Waals surface area contributed by atoms with Crippen molar-refractivity contribution in [1.29, 1.82) is 0 Å². The smallest absolute Gasteiger partial charge is 0.326 e. The molecule has 0 saturated carbocycles. The van der Waals surface area contributed by atoms with Crippen LogP contribution in [0.1, 0.15) is 46.6 Å². The predicted octanol–water partition coefficient (Wildman–Crippen LogP) is 1.88. The molecule has 1 saturated heterocycles. The second-order valence-electron chi connectivity index (χ2n) is 9.57. The standard InChI is InChI=1S/C26H36N2O8S/c1-7-35-19-10-8-9-18(13-19)14-20(29)27-23-24(17(2)16-37(33)12-11-21(30)34-6)28(25(23)32)15-22(31)36-26(3,4)5/h8-10,13,16,23-24H,7,11-12,14-15H2,1-6H3,(H,27,29). The highest BCUT2D eigenvalue weighted by molar-refractivity contribution is 7.94. The average Bonchev–Trinajstić information content (AvgIpc) is 2.80. The fourth-order valence-electron chi connectivity index (χ4n) is 3.83. The van der Waals surface area contributed by atoms with E-state index < -0.39 is 46.7 Å². The molecule has 0 aliphatic carbocycles. The lowest BCUT2D eigenvalue weighted by Crippen LogP contribution is -2.72. The highest BCUT2D eigenvalue weighted by Gasteiger charge is 2.50. The Hall–Kier alpha value is -3.05. The molecule has 204 valence electrons. The molecule has 3 unspecified atom stereocenters. The summed E-state index contributed by atoms with van der Waals surface area (Å²) in [5.41, 5.74) is 0.508. The van der Waals surface area contributed by atoms with Crippen molar-refractivity contribution < 1.29 is 37.9 Å². The van der Waals surface area contributed by atoms with Crippen molar-refractivity contribution in [2.24, 2.45) is 0 Å². The third kappa shape index (κ3) is 9.40. The Bertz CT molecular complexity index is 1020. The third-order valence-electron chi connectivity index (χ3n) is 5.33. The van der Waals surface area contributed by atoms with Crippen molar-refractivity contribution in [2.75, 3.05) is 26.0 Å². The number of likely N-dealkylation sites (tertiary alicyclic amines) is 1. The van der Waals surface area contributed by atoms with E-state index in [-0.39, 0.29) is 31.0 Å². The minimum absolute atomic E-state index is 0.0251. The van der Waals surface area contributed by atoms with Gasteiger partial charge < -0.3 is 29.0 Å². The van der Waals surface area contributed by atoms with E-state index in [0.29, 0.717) is 23.5 Å². The second-order valence-corrected chi connectivity index (χ2v) is 11.0. The van der Waals surface area contributed by atoms with Gasteiger partial charge in [-0.2, -0.15) is 0 Å². The summed E-state index contributed by atoms with van der Waals surface area (Å²) in [5.74, 6) is -1.22. The molecule has 0 spiro atoms. The van der Waals surface area contributed by atoms with Crippen LogP contribution < -0.4 is 10.1 Å². The number of ether oxygens (including phenoxy) is 3.